The van der Waals surface area contributed by atoms with Gasteiger partial charge in [0.15, 0.2) is 0 Å². The fraction of sp³-hybridized carbons (Fsp3) is 0.357. The zero-order valence-electron chi connectivity index (χ0n) is 11.9. The number of hydrazone groups is 1. The Hall–Kier alpha value is -2.05. The average molecular weight is 275 g/mol. The molecule has 0 saturated carbocycles. The molecule has 1 unspecified atom stereocenters. The van der Waals surface area contributed by atoms with Gasteiger partial charge >= 0.3 is 0 Å². The number of fused-ring (bicyclic) bond motifs is 1. The maximum Gasteiger partial charge on any atom is 0.134 e. The van der Waals surface area contributed by atoms with Crippen molar-refractivity contribution < 1.29 is 4.42 Å². The van der Waals surface area contributed by atoms with Gasteiger partial charge in [-0.15, -0.1) is 0 Å². The van der Waals surface area contributed by atoms with Gasteiger partial charge in [0.05, 0.1) is 0 Å². The van der Waals surface area contributed by atoms with Crippen molar-refractivity contribution in [1.29, 1.82) is 0 Å². The highest BCUT2D eigenvalue weighted by molar-refractivity contribution is 5.77. The fourth-order valence-electron chi connectivity index (χ4n) is 2.11. The molecule has 20 heavy (non-hydrogen) atoms. The fourth-order valence-corrected chi connectivity index (χ4v) is 2.11. The van der Waals surface area contributed by atoms with E-state index >= 15 is 0 Å². The van der Waals surface area contributed by atoms with Crippen molar-refractivity contribution in [3.8, 4) is 0 Å². The number of hydrogen-bond donors (Lipinski definition) is 2. The van der Waals surface area contributed by atoms with Gasteiger partial charge in [-0.1, -0.05) is 18.2 Å². The van der Waals surface area contributed by atoms with Crippen LogP contribution < -0.4 is 11.6 Å². The Morgan fingerprint density at radius 3 is 2.75 bits per heavy atom. The summed E-state index contributed by atoms with van der Waals surface area (Å²) in [5.74, 6) is 6.74. The first-order valence-corrected chi connectivity index (χ1v) is 6.53. The third kappa shape index (κ3) is 3.28. The van der Waals surface area contributed by atoms with Gasteiger partial charge in [0.2, 0.25) is 0 Å². The summed E-state index contributed by atoms with van der Waals surface area (Å²) >= 11 is 0. The third-order valence-corrected chi connectivity index (χ3v) is 3.14. The summed E-state index contributed by atoms with van der Waals surface area (Å²) in [6.45, 7) is 0.871. The highest BCUT2D eigenvalue weighted by Crippen LogP contribution is 2.28. The van der Waals surface area contributed by atoms with Crippen molar-refractivity contribution >= 4 is 17.3 Å². The highest BCUT2D eigenvalue weighted by atomic mass is 16.3. The molecule has 0 fully saturated rings. The molecular weight excluding hydrogens is 254 g/mol. The van der Waals surface area contributed by atoms with E-state index in [0.717, 1.165) is 29.7 Å². The lowest BCUT2D eigenvalue weighted by molar-refractivity contribution is 0.167. The molecule has 0 radical (unpaired) electrons. The van der Waals surface area contributed by atoms with Gasteiger partial charge in [-0.25, -0.2) is 11.0 Å². The average Bonchev–Trinajstić information content (AvgIpc) is 2.82. The van der Waals surface area contributed by atoms with Crippen LogP contribution in [0.2, 0.25) is 0 Å². The van der Waals surface area contributed by atoms with Crippen molar-refractivity contribution in [1.82, 2.24) is 10.0 Å². The summed E-state index contributed by atoms with van der Waals surface area (Å²) in [4.78, 5) is 2.09. The van der Waals surface area contributed by atoms with Crippen LogP contribution in [0.3, 0.4) is 0 Å². The van der Waals surface area contributed by atoms with E-state index in [4.69, 9.17) is 16.0 Å². The second-order valence-corrected chi connectivity index (χ2v) is 4.94. The first kappa shape index (κ1) is 14.4. The molecule has 0 aliphatic carbocycles. The molecule has 1 aromatic carbocycles. The summed E-state index contributed by atoms with van der Waals surface area (Å²) in [6.07, 6.45) is 1.98. The Morgan fingerprint density at radius 2 is 2.10 bits per heavy atom. The predicted octanol–water partition coefficient (Wildman–Crippen LogP) is 1.50. The van der Waals surface area contributed by atoms with Gasteiger partial charge in [-0.2, -0.15) is 5.10 Å². The Bertz CT molecular complexity index is 545. The summed E-state index contributed by atoms with van der Waals surface area (Å²) in [6, 6.07) is 9.73. The molecule has 0 bridgehead atoms. The number of hydrogen-bond acceptors (Lipinski definition) is 5. The molecule has 0 amide bonds. The predicted molar refractivity (Wildman–Crippen MR) is 80.8 cm³/mol. The number of hydrazine groups is 1. The standard InChI is InChI=1S/C14H21N5O/c1-18(2)8-7-12(19(16)17-10-15)14-9-11-5-3-4-6-13(11)20-14/h3-6,9-10,12H,7-8,16H2,1-2H3,(H2,15,17). The SMILES string of the molecule is CN(C)CCC(c1cc2ccccc2o1)N(N)/N=C\N. The molecule has 0 saturated heterocycles. The lowest BCUT2D eigenvalue weighted by Gasteiger charge is -2.24. The molecular formula is C14H21N5O. The minimum Gasteiger partial charge on any atom is -0.459 e. The second kappa shape index (κ2) is 6.40. The van der Waals surface area contributed by atoms with E-state index in [2.05, 4.69) is 10.0 Å². The van der Waals surface area contributed by atoms with E-state index in [9.17, 15) is 0 Å². The molecule has 0 spiro atoms. The van der Waals surface area contributed by atoms with Crippen molar-refractivity contribution in [2.45, 2.75) is 12.5 Å². The normalized spacial score (nSPS) is 13.4. The summed E-state index contributed by atoms with van der Waals surface area (Å²) in [7, 11) is 4.03. The van der Waals surface area contributed by atoms with E-state index in [1.54, 1.807) is 0 Å². The van der Waals surface area contributed by atoms with Crippen molar-refractivity contribution in [3.05, 3.63) is 36.1 Å². The Morgan fingerprint density at radius 1 is 1.35 bits per heavy atom. The third-order valence-electron chi connectivity index (χ3n) is 3.14. The molecule has 0 aliphatic rings. The van der Waals surface area contributed by atoms with Gasteiger partial charge in [0, 0.05) is 11.9 Å². The lowest BCUT2D eigenvalue weighted by atomic mass is 10.1. The van der Waals surface area contributed by atoms with Crippen LogP contribution in [0.1, 0.15) is 18.2 Å². The lowest BCUT2D eigenvalue weighted by Crippen LogP contribution is -2.33. The van der Waals surface area contributed by atoms with Crippen LogP contribution in [0.5, 0.6) is 0 Å². The molecule has 108 valence electrons. The topological polar surface area (TPSA) is 84.0 Å². The van der Waals surface area contributed by atoms with E-state index in [1.165, 1.54) is 11.5 Å². The molecule has 2 rings (SSSR count). The van der Waals surface area contributed by atoms with E-state index in [-0.39, 0.29) is 6.04 Å². The van der Waals surface area contributed by atoms with Crippen LogP contribution in [0.15, 0.2) is 39.9 Å². The van der Waals surface area contributed by atoms with Crippen LogP contribution in [-0.2, 0) is 0 Å². The molecule has 4 N–H and O–H groups in total. The van der Waals surface area contributed by atoms with Gasteiger partial charge in [0.1, 0.15) is 23.7 Å². The van der Waals surface area contributed by atoms with Crippen molar-refractivity contribution in [2.75, 3.05) is 20.6 Å². The van der Waals surface area contributed by atoms with Gasteiger partial charge in [0.25, 0.3) is 0 Å². The summed E-state index contributed by atoms with van der Waals surface area (Å²) < 4.78 is 5.88. The molecule has 1 aromatic heterocycles. The largest absolute Gasteiger partial charge is 0.459 e. The van der Waals surface area contributed by atoms with Gasteiger partial charge < -0.3 is 15.1 Å². The zero-order chi connectivity index (χ0) is 14.5. The minimum atomic E-state index is -0.149. The van der Waals surface area contributed by atoms with Crippen LogP contribution in [0, 0.1) is 0 Å². The maximum atomic E-state index is 5.95. The number of rotatable bonds is 6. The van der Waals surface area contributed by atoms with E-state index < -0.39 is 0 Å². The molecule has 0 aliphatic heterocycles. The molecule has 1 atom stereocenters. The molecule has 1 heterocycles. The number of benzene rings is 1. The molecule has 2 aromatic rings. The van der Waals surface area contributed by atoms with Gasteiger partial charge in [-0.05, 0) is 32.6 Å². The highest BCUT2D eigenvalue weighted by Gasteiger charge is 2.21. The summed E-state index contributed by atoms with van der Waals surface area (Å²) in [5, 5.41) is 6.34. The number of furan rings is 1. The molecule has 6 nitrogen and oxygen atoms in total. The Labute approximate surface area is 118 Å². The second-order valence-electron chi connectivity index (χ2n) is 4.94. The minimum absolute atomic E-state index is 0.149. The van der Waals surface area contributed by atoms with E-state index in [1.807, 2.05) is 44.4 Å². The van der Waals surface area contributed by atoms with E-state index in [0.29, 0.717) is 0 Å². The first-order chi connectivity index (χ1) is 9.61. The first-order valence-electron chi connectivity index (χ1n) is 6.53. The number of nitrogens with zero attached hydrogens (tertiary/aromatic N) is 3. The van der Waals surface area contributed by atoms with Crippen LogP contribution in [0.4, 0.5) is 0 Å². The van der Waals surface area contributed by atoms with Crippen LogP contribution >= 0.6 is 0 Å². The Balaban J connectivity index is 2.28. The van der Waals surface area contributed by atoms with Crippen molar-refractivity contribution in [2.24, 2.45) is 16.7 Å². The van der Waals surface area contributed by atoms with Crippen molar-refractivity contribution in [3.63, 3.8) is 0 Å². The smallest absolute Gasteiger partial charge is 0.134 e. The van der Waals surface area contributed by atoms with Crippen LogP contribution in [0.25, 0.3) is 11.0 Å². The zero-order valence-corrected chi connectivity index (χ0v) is 11.9. The number of para-hydroxylation sites is 1. The maximum absolute atomic E-state index is 5.95. The quantitative estimate of drug-likeness (QED) is 0.361. The summed E-state index contributed by atoms with van der Waals surface area (Å²) in [5.41, 5.74) is 6.17. The molecule has 6 heteroatoms. The number of nitrogens with two attached hydrogens (primary N) is 2. The Kier molecular flexibility index (Phi) is 4.60. The van der Waals surface area contributed by atoms with Crippen LogP contribution in [-0.4, -0.2) is 37.0 Å². The monoisotopic (exact) mass is 275 g/mol. The van der Waals surface area contributed by atoms with Gasteiger partial charge in [-0.3, -0.25) is 0 Å².